The van der Waals surface area contributed by atoms with Gasteiger partial charge in [0, 0.05) is 38.9 Å². The van der Waals surface area contributed by atoms with Crippen LogP contribution in [-0.2, 0) is 9.47 Å². The maximum atomic E-state index is 6.03. The highest BCUT2D eigenvalue weighted by Gasteiger charge is 2.45. The average Bonchev–Trinajstić information content (AvgIpc) is 3.13. The number of nitrogens with two attached hydrogens (primary N) is 1. The minimum atomic E-state index is 0.0937. The Kier molecular flexibility index (Phi) is 5.86. The Hall–Kier alpha value is -0.160. The SMILES string of the molecule is COCCN(C(C)COC)C(C)(CN)C1CC1. The summed E-state index contributed by atoms with van der Waals surface area (Å²) in [5, 5.41) is 0. The second-order valence-electron chi connectivity index (χ2n) is 5.33. The predicted octanol–water partition coefficient (Wildman–Crippen LogP) is 1.10. The Balaban J connectivity index is 2.71. The molecule has 2 unspecified atom stereocenters. The molecule has 2 N–H and O–H groups in total. The van der Waals surface area contributed by atoms with Crippen molar-refractivity contribution in [1.29, 1.82) is 0 Å². The van der Waals surface area contributed by atoms with Gasteiger partial charge in [-0.25, -0.2) is 0 Å². The summed E-state index contributed by atoms with van der Waals surface area (Å²) in [6.07, 6.45) is 2.60. The van der Waals surface area contributed by atoms with Crippen molar-refractivity contribution in [1.82, 2.24) is 4.90 Å². The van der Waals surface area contributed by atoms with Crippen LogP contribution in [0.1, 0.15) is 26.7 Å². The Morgan fingerprint density at radius 3 is 2.41 bits per heavy atom. The van der Waals surface area contributed by atoms with Crippen LogP contribution in [0.5, 0.6) is 0 Å². The summed E-state index contributed by atoms with van der Waals surface area (Å²) in [6, 6.07) is 0.379. The van der Waals surface area contributed by atoms with E-state index in [1.165, 1.54) is 12.8 Å². The number of ether oxygens (including phenoxy) is 2. The quantitative estimate of drug-likeness (QED) is 0.660. The van der Waals surface area contributed by atoms with Gasteiger partial charge < -0.3 is 15.2 Å². The first-order chi connectivity index (χ1) is 8.10. The third kappa shape index (κ3) is 3.65. The molecule has 0 bridgehead atoms. The van der Waals surface area contributed by atoms with Crippen LogP contribution in [0.3, 0.4) is 0 Å². The lowest BCUT2D eigenvalue weighted by Crippen LogP contribution is -2.58. The zero-order valence-corrected chi connectivity index (χ0v) is 11.7. The van der Waals surface area contributed by atoms with Gasteiger partial charge in [-0.2, -0.15) is 0 Å². The first-order valence-electron chi connectivity index (χ1n) is 6.54. The molecule has 1 fully saturated rings. The van der Waals surface area contributed by atoms with Crippen LogP contribution in [-0.4, -0.2) is 57.0 Å². The molecule has 0 spiro atoms. The van der Waals surface area contributed by atoms with Crippen molar-refractivity contribution in [2.24, 2.45) is 11.7 Å². The molecule has 1 aliphatic rings. The monoisotopic (exact) mass is 244 g/mol. The van der Waals surface area contributed by atoms with Crippen molar-refractivity contribution in [2.75, 3.05) is 40.5 Å². The number of methoxy groups -OCH3 is 2. The maximum absolute atomic E-state index is 6.03. The van der Waals surface area contributed by atoms with Crippen LogP contribution in [0.15, 0.2) is 0 Å². The van der Waals surface area contributed by atoms with Crippen molar-refractivity contribution in [3.05, 3.63) is 0 Å². The summed E-state index contributed by atoms with van der Waals surface area (Å²) in [4.78, 5) is 2.47. The van der Waals surface area contributed by atoms with Gasteiger partial charge in [0.15, 0.2) is 0 Å². The van der Waals surface area contributed by atoms with Crippen molar-refractivity contribution >= 4 is 0 Å². The van der Waals surface area contributed by atoms with Gasteiger partial charge in [-0.1, -0.05) is 0 Å². The summed E-state index contributed by atoms with van der Waals surface area (Å²) >= 11 is 0. The molecule has 2 atom stereocenters. The van der Waals surface area contributed by atoms with Gasteiger partial charge >= 0.3 is 0 Å². The molecule has 1 rings (SSSR count). The van der Waals surface area contributed by atoms with E-state index in [0.717, 1.165) is 25.7 Å². The van der Waals surface area contributed by atoms with Crippen molar-refractivity contribution in [3.63, 3.8) is 0 Å². The van der Waals surface area contributed by atoms with E-state index in [1.54, 1.807) is 14.2 Å². The highest BCUT2D eigenvalue weighted by Crippen LogP contribution is 2.43. The van der Waals surface area contributed by atoms with Crippen LogP contribution in [0, 0.1) is 5.92 Å². The molecule has 0 aromatic rings. The summed E-state index contributed by atoms with van der Waals surface area (Å²) in [5.41, 5.74) is 6.12. The molecule has 0 amide bonds. The molecule has 0 radical (unpaired) electrons. The molecule has 0 saturated heterocycles. The molecule has 4 heteroatoms. The van der Waals surface area contributed by atoms with E-state index in [9.17, 15) is 0 Å². The van der Waals surface area contributed by atoms with Gasteiger partial charge in [0.25, 0.3) is 0 Å². The van der Waals surface area contributed by atoms with Crippen molar-refractivity contribution < 1.29 is 9.47 Å². The highest BCUT2D eigenvalue weighted by atomic mass is 16.5. The van der Waals surface area contributed by atoms with E-state index < -0.39 is 0 Å². The lowest BCUT2D eigenvalue weighted by Gasteiger charge is -2.44. The molecule has 4 nitrogen and oxygen atoms in total. The van der Waals surface area contributed by atoms with Gasteiger partial charge in [-0.15, -0.1) is 0 Å². The molecule has 0 heterocycles. The van der Waals surface area contributed by atoms with Gasteiger partial charge in [0.2, 0.25) is 0 Å². The smallest absolute Gasteiger partial charge is 0.0615 e. The van der Waals surface area contributed by atoms with E-state index in [0.29, 0.717) is 12.6 Å². The van der Waals surface area contributed by atoms with Crippen molar-refractivity contribution in [3.8, 4) is 0 Å². The summed E-state index contributed by atoms with van der Waals surface area (Å²) < 4.78 is 10.5. The Morgan fingerprint density at radius 1 is 1.35 bits per heavy atom. The largest absolute Gasteiger partial charge is 0.383 e. The lowest BCUT2D eigenvalue weighted by molar-refractivity contribution is -0.00287. The molecular formula is C13H28N2O2. The van der Waals surface area contributed by atoms with Crippen LogP contribution in [0.4, 0.5) is 0 Å². The van der Waals surface area contributed by atoms with E-state index in [1.807, 2.05) is 0 Å². The molecule has 1 aliphatic carbocycles. The number of nitrogens with zero attached hydrogens (tertiary/aromatic N) is 1. The van der Waals surface area contributed by atoms with Crippen LogP contribution in [0.2, 0.25) is 0 Å². The summed E-state index contributed by atoms with van der Waals surface area (Å²) in [5.74, 6) is 0.740. The first-order valence-corrected chi connectivity index (χ1v) is 6.54. The Bertz CT molecular complexity index is 221. The second kappa shape index (κ2) is 6.69. The zero-order valence-electron chi connectivity index (χ0n) is 11.7. The third-order valence-electron chi connectivity index (χ3n) is 4.00. The average molecular weight is 244 g/mol. The molecular weight excluding hydrogens is 216 g/mol. The van der Waals surface area contributed by atoms with Gasteiger partial charge in [0.1, 0.15) is 0 Å². The molecule has 0 aromatic heterocycles. The minimum Gasteiger partial charge on any atom is -0.383 e. The standard InChI is InChI=1S/C13H28N2O2/c1-11(9-17-4)15(7-8-16-3)13(2,10-14)12-5-6-12/h11-12H,5-10,14H2,1-4H3. The molecule has 0 aromatic carbocycles. The Labute approximate surface area is 105 Å². The topological polar surface area (TPSA) is 47.7 Å². The number of hydrogen-bond acceptors (Lipinski definition) is 4. The zero-order chi connectivity index (χ0) is 12.9. The highest BCUT2D eigenvalue weighted by molar-refractivity contribution is 5.01. The second-order valence-corrected chi connectivity index (χ2v) is 5.33. The lowest BCUT2D eigenvalue weighted by atomic mass is 9.91. The number of rotatable bonds is 9. The van der Waals surface area contributed by atoms with Crippen LogP contribution in [0.25, 0.3) is 0 Å². The fraction of sp³-hybridized carbons (Fsp3) is 1.00. The molecule has 17 heavy (non-hydrogen) atoms. The summed E-state index contributed by atoms with van der Waals surface area (Å²) in [7, 11) is 3.50. The van der Waals surface area contributed by atoms with Crippen LogP contribution < -0.4 is 5.73 Å². The summed E-state index contributed by atoms with van der Waals surface area (Å²) in [6.45, 7) is 7.60. The third-order valence-corrected chi connectivity index (χ3v) is 4.00. The minimum absolute atomic E-state index is 0.0937. The van der Waals surface area contributed by atoms with Gasteiger partial charge in [-0.3, -0.25) is 4.90 Å². The van der Waals surface area contributed by atoms with Gasteiger partial charge in [0.05, 0.1) is 13.2 Å². The van der Waals surface area contributed by atoms with Crippen LogP contribution >= 0.6 is 0 Å². The Morgan fingerprint density at radius 2 is 2.00 bits per heavy atom. The first kappa shape index (κ1) is 14.9. The molecule has 102 valence electrons. The van der Waals surface area contributed by atoms with E-state index in [4.69, 9.17) is 15.2 Å². The maximum Gasteiger partial charge on any atom is 0.0615 e. The van der Waals surface area contributed by atoms with E-state index in [-0.39, 0.29) is 5.54 Å². The molecule has 0 aliphatic heterocycles. The van der Waals surface area contributed by atoms with Crippen molar-refractivity contribution in [2.45, 2.75) is 38.3 Å². The number of hydrogen-bond donors (Lipinski definition) is 1. The van der Waals surface area contributed by atoms with Gasteiger partial charge in [-0.05, 0) is 32.6 Å². The molecule has 1 saturated carbocycles. The normalized spacial score (nSPS) is 21.5. The predicted molar refractivity (Wildman–Crippen MR) is 70.1 cm³/mol. The fourth-order valence-corrected chi connectivity index (χ4v) is 2.72. The fourth-order valence-electron chi connectivity index (χ4n) is 2.72. The van der Waals surface area contributed by atoms with E-state index in [2.05, 4.69) is 18.7 Å². The van der Waals surface area contributed by atoms with E-state index >= 15 is 0 Å².